The smallest absolute Gasteiger partial charge is 0.0593 e. The molecule has 3 heteroatoms. The molecule has 0 radical (unpaired) electrons. The number of rotatable bonds is 3. The quantitative estimate of drug-likeness (QED) is 0.702. The molecule has 0 aliphatic carbocycles. The third-order valence-electron chi connectivity index (χ3n) is 2.72. The summed E-state index contributed by atoms with van der Waals surface area (Å²) in [6, 6.07) is 0. The van der Waals surface area contributed by atoms with Crippen molar-refractivity contribution in [1.29, 1.82) is 0 Å². The van der Waals surface area contributed by atoms with Gasteiger partial charge in [0, 0.05) is 4.75 Å². The molecular formula is C9H19NOS. The lowest BCUT2D eigenvalue weighted by atomic mass is 9.86. The van der Waals surface area contributed by atoms with E-state index < -0.39 is 0 Å². The first-order valence-electron chi connectivity index (χ1n) is 4.60. The van der Waals surface area contributed by atoms with Gasteiger partial charge in [-0.05, 0) is 31.1 Å². The zero-order valence-corrected chi connectivity index (χ0v) is 8.73. The zero-order chi connectivity index (χ0) is 9.19. The van der Waals surface area contributed by atoms with Gasteiger partial charge in [0.25, 0.3) is 0 Å². The lowest BCUT2D eigenvalue weighted by Crippen LogP contribution is -2.34. The first-order chi connectivity index (χ1) is 5.58. The Morgan fingerprint density at radius 2 is 2.33 bits per heavy atom. The van der Waals surface area contributed by atoms with Crippen LogP contribution in [0.25, 0.3) is 0 Å². The third-order valence-corrected chi connectivity index (χ3v) is 4.21. The molecule has 12 heavy (non-hydrogen) atoms. The van der Waals surface area contributed by atoms with E-state index in [1.165, 1.54) is 5.75 Å². The highest BCUT2D eigenvalue weighted by molar-refractivity contribution is 8.00. The van der Waals surface area contributed by atoms with Crippen LogP contribution in [0.3, 0.4) is 0 Å². The van der Waals surface area contributed by atoms with Crippen molar-refractivity contribution in [3.8, 4) is 0 Å². The number of hydrogen-bond donors (Lipinski definition) is 2. The molecule has 1 aliphatic heterocycles. The number of aliphatic hydroxyl groups is 1. The van der Waals surface area contributed by atoms with E-state index in [9.17, 15) is 5.11 Å². The summed E-state index contributed by atoms with van der Waals surface area (Å²) in [5.74, 6) is 1.62. The zero-order valence-electron chi connectivity index (χ0n) is 7.92. The maximum atomic E-state index is 9.79. The van der Waals surface area contributed by atoms with Gasteiger partial charge in [-0.25, -0.2) is 0 Å². The molecule has 1 saturated heterocycles. The number of nitrogens with two attached hydrogens (primary N) is 1. The van der Waals surface area contributed by atoms with Crippen LogP contribution in [-0.2, 0) is 0 Å². The van der Waals surface area contributed by atoms with Crippen LogP contribution in [0.5, 0.6) is 0 Å². The van der Waals surface area contributed by atoms with Gasteiger partial charge in [-0.3, -0.25) is 0 Å². The predicted octanol–water partition coefficient (Wildman–Crippen LogP) is 1.23. The molecule has 0 aromatic carbocycles. The summed E-state index contributed by atoms with van der Waals surface area (Å²) >= 11 is 1.96. The van der Waals surface area contributed by atoms with Crippen LogP contribution < -0.4 is 5.73 Å². The van der Waals surface area contributed by atoms with Gasteiger partial charge < -0.3 is 10.8 Å². The van der Waals surface area contributed by atoms with Crippen LogP contribution in [0.2, 0.25) is 0 Å². The van der Waals surface area contributed by atoms with Gasteiger partial charge in [0.15, 0.2) is 0 Å². The van der Waals surface area contributed by atoms with Crippen molar-refractivity contribution >= 4 is 11.8 Å². The maximum absolute atomic E-state index is 9.79. The van der Waals surface area contributed by atoms with Crippen molar-refractivity contribution < 1.29 is 5.11 Å². The Bertz CT molecular complexity index is 149. The topological polar surface area (TPSA) is 46.2 Å². The van der Waals surface area contributed by atoms with Gasteiger partial charge in [-0.2, -0.15) is 11.8 Å². The Morgan fingerprint density at radius 3 is 2.75 bits per heavy atom. The molecule has 1 heterocycles. The van der Waals surface area contributed by atoms with Crippen LogP contribution in [0.4, 0.5) is 0 Å². The maximum Gasteiger partial charge on any atom is 0.0593 e. The van der Waals surface area contributed by atoms with Crippen molar-refractivity contribution in [1.82, 2.24) is 0 Å². The van der Waals surface area contributed by atoms with E-state index in [0.717, 1.165) is 12.8 Å². The molecule has 0 aromatic rings. The second kappa shape index (κ2) is 3.99. The Balaban J connectivity index is 2.50. The summed E-state index contributed by atoms with van der Waals surface area (Å²) in [6.45, 7) is 5.03. The minimum absolute atomic E-state index is 0.194. The molecule has 1 rings (SSSR count). The van der Waals surface area contributed by atoms with Gasteiger partial charge in [0.1, 0.15) is 0 Å². The molecule has 1 aliphatic rings. The lowest BCUT2D eigenvalue weighted by Gasteiger charge is -2.29. The van der Waals surface area contributed by atoms with Crippen LogP contribution >= 0.6 is 11.8 Å². The Kier molecular flexibility index (Phi) is 3.44. The lowest BCUT2D eigenvalue weighted by molar-refractivity contribution is 0.0878. The molecule has 0 aromatic heterocycles. The summed E-state index contributed by atoms with van der Waals surface area (Å²) in [5, 5.41) is 9.79. The van der Waals surface area contributed by atoms with Gasteiger partial charge in [-0.15, -0.1) is 0 Å². The fourth-order valence-electron chi connectivity index (χ4n) is 1.93. The second-order valence-corrected chi connectivity index (χ2v) is 5.74. The fraction of sp³-hybridized carbons (Fsp3) is 1.00. The monoisotopic (exact) mass is 189 g/mol. The van der Waals surface area contributed by atoms with Gasteiger partial charge in [-0.1, -0.05) is 13.8 Å². The van der Waals surface area contributed by atoms with E-state index in [1.807, 2.05) is 11.8 Å². The first-order valence-corrected chi connectivity index (χ1v) is 5.58. The fourth-order valence-corrected chi connectivity index (χ4v) is 3.32. The normalized spacial score (nSPS) is 30.5. The van der Waals surface area contributed by atoms with E-state index in [2.05, 4.69) is 13.8 Å². The van der Waals surface area contributed by atoms with Crippen molar-refractivity contribution in [3.63, 3.8) is 0 Å². The standard InChI is InChI=1S/C9H19NOS/c1-9(2)7(4-6-12-9)8(11)3-5-10/h7-8,11H,3-6,10H2,1-2H3. The molecule has 72 valence electrons. The SMILES string of the molecule is CC1(C)SCCC1C(O)CCN. The Hall–Kier alpha value is 0.270. The molecule has 2 atom stereocenters. The Labute approximate surface area is 78.9 Å². The highest BCUT2D eigenvalue weighted by Crippen LogP contribution is 2.44. The van der Waals surface area contributed by atoms with E-state index in [1.54, 1.807) is 0 Å². The third kappa shape index (κ3) is 2.15. The molecule has 2 unspecified atom stereocenters. The van der Waals surface area contributed by atoms with Crippen molar-refractivity contribution in [2.75, 3.05) is 12.3 Å². The van der Waals surface area contributed by atoms with E-state index >= 15 is 0 Å². The van der Waals surface area contributed by atoms with E-state index in [0.29, 0.717) is 12.5 Å². The van der Waals surface area contributed by atoms with Crippen molar-refractivity contribution in [2.24, 2.45) is 11.7 Å². The summed E-state index contributed by atoms with van der Waals surface area (Å²) in [4.78, 5) is 0. The first kappa shape index (κ1) is 10.4. The molecule has 0 saturated carbocycles. The number of hydrogen-bond acceptors (Lipinski definition) is 3. The summed E-state index contributed by atoms with van der Waals surface area (Å²) in [7, 11) is 0. The average molecular weight is 189 g/mol. The van der Waals surface area contributed by atoms with Crippen molar-refractivity contribution in [2.45, 2.75) is 37.5 Å². The molecular weight excluding hydrogens is 170 g/mol. The molecule has 2 nitrogen and oxygen atoms in total. The van der Waals surface area contributed by atoms with Crippen LogP contribution in [0.1, 0.15) is 26.7 Å². The molecule has 1 fully saturated rings. The van der Waals surface area contributed by atoms with Gasteiger partial charge >= 0.3 is 0 Å². The van der Waals surface area contributed by atoms with Crippen molar-refractivity contribution in [3.05, 3.63) is 0 Å². The Morgan fingerprint density at radius 1 is 1.67 bits per heavy atom. The predicted molar refractivity (Wildman–Crippen MR) is 54.3 cm³/mol. The average Bonchev–Trinajstić information content (AvgIpc) is 2.30. The highest BCUT2D eigenvalue weighted by atomic mass is 32.2. The molecule has 0 spiro atoms. The highest BCUT2D eigenvalue weighted by Gasteiger charge is 2.39. The van der Waals surface area contributed by atoms with Crippen LogP contribution in [0, 0.1) is 5.92 Å². The van der Waals surface area contributed by atoms with Gasteiger partial charge in [0.05, 0.1) is 6.10 Å². The minimum Gasteiger partial charge on any atom is -0.393 e. The summed E-state index contributed by atoms with van der Waals surface area (Å²) in [5.41, 5.74) is 5.42. The van der Waals surface area contributed by atoms with Crippen LogP contribution in [-0.4, -0.2) is 28.3 Å². The van der Waals surface area contributed by atoms with E-state index in [4.69, 9.17) is 5.73 Å². The molecule has 0 bridgehead atoms. The number of thioether (sulfide) groups is 1. The second-order valence-electron chi connectivity index (χ2n) is 3.99. The largest absolute Gasteiger partial charge is 0.393 e. The summed E-state index contributed by atoms with van der Waals surface area (Å²) < 4.78 is 0.245. The van der Waals surface area contributed by atoms with Crippen LogP contribution in [0.15, 0.2) is 0 Å². The number of aliphatic hydroxyl groups excluding tert-OH is 1. The van der Waals surface area contributed by atoms with Gasteiger partial charge in [0.2, 0.25) is 0 Å². The molecule has 0 amide bonds. The van der Waals surface area contributed by atoms with E-state index in [-0.39, 0.29) is 10.9 Å². The minimum atomic E-state index is -0.194. The summed E-state index contributed by atoms with van der Waals surface area (Å²) in [6.07, 6.45) is 1.69. The molecule has 3 N–H and O–H groups in total.